The first-order valence-corrected chi connectivity index (χ1v) is 8.20. The number of carbonyl (C=O) groups excluding carboxylic acids is 1. The molecule has 2 N–H and O–H groups in total. The first-order valence-electron chi connectivity index (χ1n) is 8.20. The van der Waals surface area contributed by atoms with Crippen molar-refractivity contribution < 1.29 is 9.90 Å². The fraction of sp³-hybridized carbons (Fsp3) is 0.938. The fourth-order valence-corrected chi connectivity index (χ4v) is 4.06. The van der Waals surface area contributed by atoms with Crippen molar-refractivity contribution in [3.63, 3.8) is 0 Å². The second-order valence-corrected chi connectivity index (χ2v) is 6.90. The van der Waals surface area contributed by atoms with Gasteiger partial charge in [-0.1, -0.05) is 26.2 Å². The molecule has 1 amide bonds. The molecular weight excluding hydrogens is 252 g/mol. The van der Waals surface area contributed by atoms with Crippen LogP contribution < -0.4 is 5.32 Å². The fourth-order valence-electron chi connectivity index (χ4n) is 4.06. The van der Waals surface area contributed by atoms with Crippen molar-refractivity contribution in [2.24, 2.45) is 5.41 Å². The summed E-state index contributed by atoms with van der Waals surface area (Å²) in [5.41, 5.74) is -0.878. The molecule has 1 aliphatic heterocycles. The molecule has 0 radical (unpaired) electrons. The van der Waals surface area contributed by atoms with Gasteiger partial charge in [0.15, 0.2) is 0 Å². The van der Waals surface area contributed by atoms with Crippen LogP contribution in [0.25, 0.3) is 0 Å². The number of amides is 1. The third kappa shape index (κ3) is 3.34. The molecule has 0 bridgehead atoms. The normalized spacial score (nSPS) is 29.4. The molecule has 0 aromatic rings. The van der Waals surface area contributed by atoms with Gasteiger partial charge in [-0.2, -0.15) is 0 Å². The number of likely N-dealkylation sites (N-methyl/N-ethyl adjacent to an activating group) is 1. The third-order valence-electron chi connectivity index (χ3n) is 5.07. The number of rotatable bonds is 5. The SMILES string of the molecule is CCCC1(C(=O)N(C)CC2(O)CCCC2)CCCNC1. The van der Waals surface area contributed by atoms with Gasteiger partial charge in [-0.15, -0.1) is 0 Å². The van der Waals surface area contributed by atoms with Crippen LogP contribution in [0.5, 0.6) is 0 Å². The molecule has 4 nitrogen and oxygen atoms in total. The highest BCUT2D eigenvalue weighted by atomic mass is 16.3. The van der Waals surface area contributed by atoms with Gasteiger partial charge >= 0.3 is 0 Å². The first kappa shape index (κ1) is 15.8. The monoisotopic (exact) mass is 282 g/mol. The minimum absolute atomic E-state index is 0.229. The van der Waals surface area contributed by atoms with Gasteiger partial charge in [0.05, 0.1) is 11.0 Å². The van der Waals surface area contributed by atoms with E-state index in [1.165, 1.54) is 0 Å². The van der Waals surface area contributed by atoms with Crippen LogP contribution in [0, 0.1) is 5.41 Å². The van der Waals surface area contributed by atoms with Crippen LogP contribution >= 0.6 is 0 Å². The van der Waals surface area contributed by atoms with Crippen LogP contribution in [-0.2, 0) is 4.79 Å². The number of aliphatic hydroxyl groups is 1. The Balaban J connectivity index is 2.02. The predicted octanol–water partition coefficient (Wildman–Crippen LogP) is 1.92. The maximum absolute atomic E-state index is 12.9. The van der Waals surface area contributed by atoms with Crippen LogP contribution in [0.15, 0.2) is 0 Å². The third-order valence-corrected chi connectivity index (χ3v) is 5.07. The highest BCUT2D eigenvalue weighted by Crippen LogP contribution is 2.35. The highest BCUT2D eigenvalue weighted by Gasteiger charge is 2.42. The Morgan fingerprint density at radius 3 is 2.50 bits per heavy atom. The molecule has 4 heteroatoms. The molecule has 2 aliphatic rings. The topological polar surface area (TPSA) is 52.6 Å². The molecule has 20 heavy (non-hydrogen) atoms. The lowest BCUT2D eigenvalue weighted by atomic mass is 9.75. The zero-order chi connectivity index (χ0) is 14.6. The lowest BCUT2D eigenvalue weighted by Crippen LogP contribution is -2.53. The number of piperidine rings is 1. The summed E-state index contributed by atoms with van der Waals surface area (Å²) in [6, 6.07) is 0. The van der Waals surface area contributed by atoms with Crippen LogP contribution in [0.3, 0.4) is 0 Å². The smallest absolute Gasteiger partial charge is 0.229 e. The first-order chi connectivity index (χ1) is 9.51. The van der Waals surface area contributed by atoms with Gasteiger partial charge in [0.25, 0.3) is 0 Å². The summed E-state index contributed by atoms with van der Waals surface area (Å²) in [6.07, 6.45) is 7.88. The molecule has 0 aromatic heterocycles. The standard InChI is InChI=1S/C16H30N2O2/c1-3-7-15(8-6-11-17-12-15)14(19)18(2)13-16(20)9-4-5-10-16/h17,20H,3-13H2,1-2H3. The van der Waals surface area contributed by atoms with Crippen LogP contribution in [0.2, 0.25) is 0 Å². The number of carbonyl (C=O) groups is 1. The molecule has 1 unspecified atom stereocenters. The lowest BCUT2D eigenvalue weighted by Gasteiger charge is -2.40. The minimum Gasteiger partial charge on any atom is -0.388 e. The summed E-state index contributed by atoms with van der Waals surface area (Å²) in [5, 5.41) is 13.9. The largest absolute Gasteiger partial charge is 0.388 e. The lowest BCUT2D eigenvalue weighted by molar-refractivity contribution is -0.145. The summed E-state index contributed by atoms with van der Waals surface area (Å²) in [4.78, 5) is 14.7. The van der Waals surface area contributed by atoms with Gasteiger partial charge in [-0.05, 0) is 38.6 Å². The molecule has 0 spiro atoms. The zero-order valence-electron chi connectivity index (χ0n) is 13.1. The minimum atomic E-state index is -0.639. The summed E-state index contributed by atoms with van der Waals surface area (Å²) < 4.78 is 0. The maximum Gasteiger partial charge on any atom is 0.229 e. The van der Waals surface area contributed by atoms with Crippen molar-refractivity contribution in [1.82, 2.24) is 10.2 Å². The van der Waals surface area contributed by atoms with Gasteiger partial charge in [0.1, 0.15) is 0 Å². The molecule has 2 fully saturated rings. The van der Waals surface area contributed by atoms with E-state index in [0.29, 0.717) is 6.54 Å². The number of hydrogen-bond acceptors (Lipinski definition) is 3. The molecular formula is C16H30N2O2. The Morgan fingerprint density at radius 2 is 1.95 bits per heavy atom. The highest BCUT2D eigenvalue weighted by molar-refractivity contribution is 5.83. The van der Waals surface area contributed by atoms with Gasteiger partial charge in [-0.3, -0.25) is 4.79 Å². The second kappa shape index (κ2) is 6.44. The molecule has 2 rings (SSSR count). The Hall–Kier alpha value is -0.610. The van der Waals surface area contributed by atoms with Gasteiger partial charge in [-0.25, -0.2) is 0 Å². The average molecular weight is 282 g/mol. The summed E-state index contributed by atoms with van der Waals surface area (Å²) >= 11 is 0. The van der Waals surface area contributed by atoms with Crippen molar-refractivity contribution in [2.45, 2.75) is 63.9 Å². The molecule has 1 saturated carbocycles. The van der Waals surface area contributed by atoms with Crippen LogP contribution in [0.1, 0.15) is 58.3 Å². The number of hydrogen-bond donors (Lipinski definition) is 2. The van der Waals surface area contributed by atoms with Gasteiger partial charge in [0.2, 0.25) is 5.91 Å². The van der Waals surface area contributed by atoms with E-state index in [1.807, 2.05) is 7.05 Å². The predicted molar refractivity (Wildman–Crippen MR) is 80.5 cm³/mol. The van der Waals surface area contributed by atoms with E-state index in [1.54, 1.807) is 4.90 Å². The number of nitrogens with one attached hydrogen (secondary N) is 1. The van der Waals surface area contributed by atoms with E-state index in [-0.39, 0.29) is 11.3 Å². The molecule has 1 aliphatic carbocycles. The van der Waals surface area contributed by atoms with Crippen LogP contribution in [-0.4, -0.2) is 48.2 Å². The van der Waals surface area contributed by atoms with E-state index < -0.39 is 5.60 Å². The van der Waals surface area contributed by atoms with E-state index in [4.69, 9.17) is 0 Å². The van der Waals surface area contributed by atoms with Crippen molar-refractivity contribution in [3.8, 4) is 0 Å². The molecule has 1 saturated heterocycles. The summed E-state index contributed by atoms with van der Waals surface area (Å²) in [5.74, 6) is 0.229. The van der Waals surface area contributed by atoms with Gasteiger partial charge < -0.3 is 15.3 Å². The van der Waals surface area contributed by atoms with Crippen molar-refractivity contribution in [1.29, 1.82) is 0 Å². The quantitative estimate of drug-likeness (QED) is 0.810. The van der Waals surface area contributed by atoms with Crippen molar-refractivity contribution >= 4 is 5.91 Å². The molecule has 1 heterocycles. The average Bonchev–Trinajstić information content (AvgIpc) is 2.85. The Kier molecular flexibility index (Phi) is 5.08. The van der Waals surface area contributed by atoms with Crippen LogP contribution in [0.4, 0.5) is 0 Å². The van der Waals surface area contributed by atoms with E-state index >= 15 is 0 Å². The second-order valence-electron chi connectivity index (χ2n) is 6.90. The van der Waals surface area contributed by atoms with Crippen molar-refractivity contribution in [2.75, 3.05) is 26.7 Å². The summed E-state index contributed by atoms with van der Waals surface area (Å²) in [7, 11) is 1.87. The van der Waals surface area contributed by atoms with Crippen molar-refractivity contribution in [3.05, 3.63) is 0 Å². The van der Waals surface area contributed by atoms with E-state index in [0.717, 1.165) is 64.5 Å². The maximum atomic E-state index is 12.9. The van der Waals surface area contributed by atoms with Gasteiger partial charge in [0, 0.05) is 20.1 Å². The summed E-state index contributed by atoms with van der Waals surface area (Å²) in [6.45, 7) is 4.46. The zero-order valence-corrected chi connectivity index (χ0v) is 13.1. The van der Waals surface area contributed by atoms with E-state index in [9.17, 15) is 9.90 Å². The molecule has 1 atom stereocenters. The Morgan fingerprint density at radius 1 is 1.25 bits per heavy atom. The molecule has 116 valence electrons. The number of nitrogens with zero attached hydrogens (tertiary/aromatic N) is 1. The van der Waals surface area contributed by atoms with E-state index in [2.05, 4.69) is 12.2 Å². The Bertz CT molecular complexity index is 326. The molecule has 0 aromatic carbocycles. The Labute approximate surface area is 122 Å².